The van der Waals surface area contributed by atoms with E-state index in [1.54, 1.807) is 18.9 Å². The highest BCUT2D eigenvalue weighted by atomic mass is 35.5. The second-order valence-corrected chi connectivity index (χ2v) is 8.02. The zero-order valence-electron chi connectivity index (χ0n) is 17.1. The summed E-state index contributed by atoms with van der Waals surface area (Å²) < 4.78 is 12.5. The minimum atomic E-state index is -0.402. The van der Waals surface area contributed by atoms with Gasteiger partial charge in [-0.25, -0.2) is 4.68 Å². The highest BCUT2D eigenvalue weighted by molar-refractivity contribution is 6.31. The lowest BCUT2D eigenvalue weighted by Gasteiger charge is -2.35. The van der Waals surface area contributed by atoms with E-state index in [2.05, 4.69) is 15.4 Å². The van der Waals surface area contributed by atoms with Crippen molar-refractivity contribution in [3.63, 3.8) is 0 Å². The molecular weight excluding hydrogens is 416 g/mol. The summed E-state index contributed by atoms with van der Waals surface area (Å²) in [7, 11) is 3.22. The van der Waals surface area contributed by atoms with Gasteiger partial charge in [0.05, 0.1) is 14.2 Å². The second-order valence-electron chi connectivity index (χ2n) is 7.61. The largest absolute Gasteiger partial charge is 0.493 e. The molecule has 7 nitrogen and oxygen atoms in total. The van der Waals surface area contributed by atoms with Gasteiger partial charge in [0.25, 0.3) is 0 Å². The lowest BCUT2D eigenvalue weighted by atomic mass is 9.78. The van der Waals surface area contributed by atoms with E-state index in [-0.39, 0.29) is 11.7 Å². The van der Waals surface area contributed by atoms with E-state index >= 15 is 0 Å². The maximum absolute atomic E-state index is 13.5. The fourth-order valence-corrected chi connectivity index (χ4v) is 4.72. The SMILES string of the molecule is COc1ccc([C@@H]2CC(=O)C3=C(C2)Nc2ncnn2[C@H]3c2ccccc2Cl)cc1OC. The number of ether oxygens (including phenoxy) is 2. The van der Waals surface area contributed by atoms with Gasteiger partial charge in [0, 0.05) is 28.3 Å². The number of halogens is 1. The number of Topliss-reactive ketones (excluding diaryl/α,β-unsaturated/α-hetero) is 1. The Morgan fingerprint density at radius 2 is 1.90 bits per heavy atom. The Balaban J connectivity index is 1.57. The third-order valence-corrected chi connectivity index (χ3v) is 6.28. The summed E-state index contributed by atoms with van der Waals surface area (Å²) in [6, 6.07) is 13.0. The fourth-order valence-electron chi connectivity index (χ4n) is 4.48. The molecule has 2 atom stereocenters. The number of rotatable bonds is 4. The number of nitrogens with one attached hydrogen (secondary N) is 1. The standard InChI is InChI=1S/C23H21ClN4O3/c1-30-19-8-7-13(11-20(19)31-2)14-9-17-21(18(29)10-14)22(15-5-3-4-6-16(15)24)28-23(27-17)25-12-26-28/h3-8,11-12,14,22H,9-10H2,1-2H3,(H,25,26,27)/t14-,22-/m0/s1. The highest BCUT2D eigenvalue weighted by Gasteiger charge is 2.40. The number of nitrogens with zero attached hydrogens (tertiary/aromatic N) is 3. The van der Waals surface area contributed by atoms with Crippen molar-refractivity contribution < 1.29 is 14.3 Å². The van der Waals surface area contributed by atoms with Crippen LogP contribution in [0.2, 0.25) is 5.02 Å². The van der Waals surface area contributed by atoms with Crippen molar-refractivity contribution in [1.82, 2.24) is 14.8 Å². The Labute approximate surface area is 184 Å². The van der Waals surface area contributed by atoms with E-state index in [1.807, 2.05) is 42.5 Å². The number of aromatic nitrogens is 3. The van der Waals surface area contributed by atoms with Gasteiger partial charge in [-0.2, -0.15) is 10.1 Å². The molecule has 0 saturated heterocycles. The molecule has 0 radical (unpaired) electrons. The van der Waals surface area contributed by atoms with Crippen LogP contribution in [0.5, 0.6) is 11.5 Å². The fraction of sp³-hybridized carbons (Fsp3) is 0.261. The molecule has 0 saturated carbocycles. The van der Waals surface area contributed by atoms with Gasteiger partial charge in [-0.05, 0) is 36.1 Å². The summed E-state index contributed by atoms with van der Waals surface area (Å²) in [4.78, 5) is 17.8. The van der Waals surface area contributed by atoms with Gasteiger partial charge in [0.15, 0.2) is 17.3 Å². The first-order valence-corrected chi connectivity index (χ1v) is 10.4. The second kappa shape index (κ2) is 7.74. The smallest absolute Gasteiger partial charge is 0.226 e. The third-order valence-electron chi connectivity index (χ3n) is 5.94. The molecule has 0 bridgehead atoms. The lowest BCUT2D eigenvalue weighted by Crippen LogP contribution is -2.33. The summed E-state index contributed by atoms with van der Waals surface area (Å²) in [5.74, 6) is 2.00. The van der Waals surface area contributed by atoms with E-state index in [9.17, 15) is 4.79 Å². The Kier molecular flexibility index (Phi) is 4.90. The van der Waals surface area contributed by atoms with Gasteiger partial charge in [-0.3, -0.25) is 4.79 Å². The van der Waals surface area contributed by atoms with Crippen LogP contribution in [0.3, 0.4) is 0 Å². The topological polar surface area (TPSA) is 78.3 Å². The quantitative estimate of drug-likeness (QED) is 0.654. The van der Waals surface area contributed by atoms with Crippen LogP contribution in [0.25, 0.3) is 0 Å². The molecule has 158 valence electrons. The number of allylic oxidation sites excluding steroid dienone is 2. The summed E-state index contributed by atoms with van der Waals surface area (Å²) in [6.07, 6.45) is 2.55. The molecule has 0 spiro atoms. The van der Waals surface area contributed by atoms with Gasteiger partial charge in [-0.15, -0.1) is 0 Å². The first-order chi connectivity index (χ1) is 15.1. The molecule has 5 rings (SSSR count). The van der Waals surface area contributed by atoms with Crippen molar-refractivity contribution in [3.05, 3.63) is 76.2 Å². The molecule has 0 amide bonds. The van der Waals surface area contributed by atoms with Crippen molar-refractivity contribution in [2.45, 2.75) is 24.8 Å². The average Bonchev–Trinajstić information content (AvgIpc) is 3.26. The Morgan fingerprint density at radius 1 is 1.10 bits per heavy atom. The number of methoxy groups -OCH3 is 2. The van der Waals surface area contributed by atoms with Gasteiger partial charge < -0.3 is 14.8 Å². The van der Waals surface area contributed by atoms with Gasteiger partial charge >= 0.3 is 0 Å². The number of ketones is 1. The van der Waals surface area contributed by atoms with E-state index in [0.29, 0.717) is 40.9 Å². The zero-order valence-corrected chi connectivity index (χ0v) is 17.9. The Morgan fingerprint density at radius 3 is 2.68 bits per heavy atom. The molecule has 0 fully saturated rings. The highest BCUT2D eigenvalue weighted by Crippen LogP contribution is 2.45. The van der Waals surface area contributed by atoms with Crippen molar-refractivity contribution in [3.8, 4) is 11.5 Å². The van der Waals surface area contributed by atoms with Crippen LogP contribution in [-0.2, 0) is 4.79 Å². The van der Waals surface area contributed by atoms with Crippen molar-refractivity contribution in [2.75, 3.05) is 19.5 Å². The van der Waals surface area contributed by atoms with Crippen LogP contribution in [0.15, 0.2) is 60.1 Å². The van der Waals surface area contributed by atoms with Crippen LogP contribution in [0.1, 0.15) is 35.9 Å². The van der Waals surface area contributed by atoms with Crippen LogP contribution in [-0.4, -0.2) is 34.8 Å². The summed E-state index contributed by atoms with van der Waals surface area (Å²) in [6.45, 7) is 0. The number of fused-ring (bicyclic) bond motifs is 1. The Hall–Kier alpha value is -3.32. The number of anilines is 1. The molecule has 2 heterocycles. The normalized spacial score (nSPS) is 20.0. The number of hydrogen-bond donors (Lipinski definition) is 1. The lowest BCUT2D eigenvalue weighted by molar-refractivity contribution is -0.116. The number of carbonyl (C=O) groups is 1. The van der Waals surface area contributed by atoms with Gasteiger partial charge in [-0.1, -0.05) is 35.9 Å². The number of hydrogen-bond acceptors (Lipinski definition) is 6. The molecule has 2 aliphatic rings. The molecule has 2 aromatic carbocycles. The third kappa shape index (κ3) is 3.25. The minimum absolute atomic E-state index is 0.0138. The molecule has 8 heteroatoms. The molecule has 1 aliphatic carbocycles. The zero-order chi connectivity index (χ0) is 21.5. The van der Waals surface area contributed by atoms with Crippen LogP contribution in [0, 0.1) is 0 Å². The van der Waals surface area contributed by atoms with Crippen molar-refractivity contribution in [2.24, 2.45) is 0 Å². The Bertz CT molecular complexity index is 1200. The summed E-state index contributed by atoms with van der Waals surface area (Å²) in [5, 5.41) is 8.29. The molecule has 3 aromatic rings. The van der Waals surface area contributed by atoms with Crippen LogP contribution in [0.4, 0.5) is 5.95 Å². The first-order valence-electron chi connectivity index (χ1n) is 9.99. The molecule has 1 N–H and O–H groups in total. The average molecular weight is 437 g/mol. The molecule has 0 unspecified atom stereocenters. The predicted octanol–water partition coefficient (Wildman–Crippen LogP) is 4.36. The maximum atomic E-state index is 13.5. The molecule has 1 aromatic heterocycles. The maximum Gasteiger partial charge on any atom is 0.226 e. The van der Waals surface area contributed by atoms with Gasteiger partial charge in [0.1, 0.15) is 12.4 Å². The van der Waals surface area contributed by atoms with Crippen LogP contribution < -0.4 is 14.8 Å². The van der Waals surface area contributed by atoms with Crippen molar-refractivity contribution in [1.29, 1.82) is 0 Å². The summed E-state index contributed by atoms with van der Waals surface area (Å²) in [5.41, 5.74) is 3.42. The first kappa shape index (κ1) is 19.6. The van der Waals surface area contributed by atoms with E-state index in [4.69, 9.17) is 21.1 Å². The monoisotopic (exact) mass is 436 g/mol. The molecule has 31 heavy (non-hydrogen) atoms. The van der Waals surface area contributed by atoms with Crippen LogP contribution >= 0.6 is 11.6 Å². The number of benzene rings is 2. The number of carbonyl (C=O) groups excluding carboxylic acids is 1. The van der Waals surface area contributed by atoms with Gasteiger partial charge in [0.2, 0.25) is 5.95 Å². The predicted molar refractivity (Wildman–Crippen MR) is 117 cm³/mol. The molecular formula is C23H21ClN4O3. The van der Waals surface area contributed by atoms with Crippen molar-refractivity contribution >= 4 is 23.3 Å². The van der Waals surface area contributed by atoms with E-state index in [0.717, 1.165) is 16.8 Å². The minimum Gasteiger partial charge on any atom is -0.493 e. The summed E-state index contributed by atoms with van der Waals surface area (Å²) >= 11 is 6.51. The van der Waals surface area contributed by atoms with E-state index < -0.39 is 6.04 Å². The van der Waals surface area contributed by atoms with E-state index in [1.165, 1.54) is 6.33 Å². The molecule has 1 aliphatic heterocycles.